The third-order valence-corrected chi connectivity index (χ3v) is 3.00. The first-order chi connectivity index (χ1) is 9.58. The predicted octanol–water partition coefficient (Wildman–Crippen LogP) is 3.05. The number of carboxylic acids is 1. The average molecular weight is 275 g/mol. The molecule has 0 aliphatic rings. The molecule has 0 aromatic heterocycles. The highest BCUT2D eigenvalue weighted by atomic mass is 16.4. The Hall–Kier alpha value is -2.10. The molecular weight excluding hydrogens is 254 g/mol. The van der Waals surface area contributed by atoms with E-state index < -0.39 is 5.97 Å². The van der Waals surface area contributed by atoms with Crippen LogP contribution >= 0.6 is 0 Å². The predicted molar refractivity (Wildman–Crippen MR) is 79.6 cm³/mol. The summed E-state index contributed by atoms with van der Waals surface area (Å²) in [5, 5.41) is 8.61. The molecule has 0 unspecified atom stereocenters. The van der Waals surface area contributed by atoms with E-state index in [1.807, 2.05) is 11.8 Å². The summed E-state index contributed by atoms with van der Waals surface area (Å²) in [6.07, 6.45) is 4.59. The van der Waals surface area contributed by atoms with Gasteiger partial charge in [-0.25, -0.2) is 4.79 Å². The molecule has 1 amide bonds. The van der Waals surface area contributed by atoms with Gasteiger partial charge in [-0.2, -0.15) is 0 Å². The molecule has 0 heterocycles. The minimum atomic E-state index is -1.00. The number of carboxylic acid groups (broad SMARTS) is 1. The second kappa shape index (κ2) is 8.15. The standard InChI is InChI=1S/C16H21NO3/c1-3-5-11-17(4-2)16(20)14-8-6-7-13(12-14)9-10-15(18)19/h6-10,12H,3-5,11H2,1-2H3,(H,18,19). The highest BCUT2D eigenvalue weighted by molar-refractivity contribution is 5.95. The van der Waals surface area contributed by atoms with Gasteiger partial charge in [-0.05, 0) is 37.1 Å². The third kappa shape index (κ3) is 4.88. The largest absolute Gasteiger partial charge is 0.478 e. The van der Waals surface area contributed by atoms with Crippen LogP contribution in [-0.4, -0.2) is 35.0 Å². The number of aliphatic carboxylic acids is 1. The zero-order chi connectivity index (χ0) is 15.0. The SMILES string of the molecule is CCCCN(CC)C(=O)c1cccc(C=CC(=O)O)c1. The van der Waals surface area contributed by atoms with Gasteiger partial charge in [0.25, 0.3) is 5.91 Å². The van der Waals surface area contributed by atoms with Gasteiger partial charge in [-0.3, -0.25) is 4.79 Å². The fourth-order valence-corrected chi connectivity index (χ4v) is 1.88. The van der Waals surface area contributed by atoms with Crippen molar-refractivity contribution in [2.24, 2.45) is 0 Å². The van der Waals surface area contributed by atoms with E-state index in [-0.39, 0.29) is 5.91 Å². The average Bonchev–Trinajstić information content (AvgIpc) is 2.46. The Balaban J connectivity index is 2.86. The van der Waals surface area contributed by atoms with Crippen molar-refractivity contribution in [3.8, 4) is 0 Å². The van der Waals surface area contributed by atoms with Crippen LogP contribution in [0.3, 0.4) is 0 Å². The van der Waals surface area contributed by atoms with E-state index >= 15 is 0 Å². The Morgan fingerprint density at radius 2 is 2.05 bits per heavy atom. The molecule has 0 bridgehead atoms. The van der Waals surface area contributed by atoms with Crippen molar-refractivity contribution >= 4 is 18.0 Å². The van der Waals surface area contributed by atoms with Crippen molar-refractivity contribution in [1.29, 1.82) is 0 Å². The first-order valence-corrected chi connectivity index (χ1v) is 6.88. The molecule has 4 heteroatoms. The number of hydrogen-bond acceptors (Lipinski definition) is 2. The van der Waals surface area contributed by atoms with E-state index in [4.69, 9.17) is 5.11 Å². The lowest BCUT2D eigenvalue weighted by atomic mass is 10.1. The monoisotopic (exact) mass is 275 g/mol. The Kier molecular flexibility index (Phi) is 6.50. The molecule has 1 aromatic rings. The lowest BCUT2D eigenvalue weighted by Crippen LogP contribution is -2.31. The summed E-state index contributed by atoms with van der Waals surface area (Å²) in [5.74, 6) is -1.01. The van der Waals surface area contributed by atoms with Crippen LogP contribution in [0.25, 0.3) is 6.08 Å². The number of carbonyl (C=O) groups is 2. The smallest absolute Gasteiger partial charge is 0.328 e. The van der Waals surface area contributed by atoms with Crippen LogP contribution in [0, 0.1) is 0 Å². The summed E-state index contributed by atoms with van der Waals surface area (Å²) >= 11 is 0. The summed E-state index contributed by atoms with van der Waals surface area (Å²) in [4.78, 5) is 24.7. The number of rotatable bonds is 7. The lowest BCUT2D eigenvalue weighted by Gasteiger charge is -2.20. The quantitative estimate of drug-likeness (QED) is 0.778. The molecular formula is C16H21NO3. The van der Waals surface area contributed by atoms with Crippen LogP contribution in [-0.2, 0) is 4.79 Å². The molecule has 1 aromatic carbocycles. The summed E-state index contributed by atoms with van der Waals surface area (Å²) in [6, 6.07) is 7.02. The van der Waals surface area contributed by atoms with Crippen molar-refractivity contribution in [2.45, 2.75) is 26.7 Å². The maximum atomic E-state index is 12.4. The van der Waals surface area contributed by atoms with Crippen molar-refractivity contribution in [1.82, 2.24) is 4.90 Å². The van der Waals surface area contributed by atoms with Gasteiger partial charge in [0.15, 0.2) is 0 Å². The van der Waals surface area contributed by atoms with E-state index in [0.29, 0.717) is 17.7 Å². The molecule has 0 atom stereocenters. The number of nitrogens with zero attached hydrogens (tertiary/aromatic N) is 1. The second-order valence-electron chi connectivity index (χ2n) is 4.54. The molecule has 0 saturated heterocycles. The van der Waals surface area contributed by atoms with Crippen molar-refractivity contribution < 1.29 is 14.7 Å². The van der Waals surface area contributed by atoms with Gasteiger partial charge in [0, 0.05) is 24.7 Å². The third-order valence-electron chi connectivity index (χ3n) is 3.00. The van der Waals surface area contributed by atoms with E-state index in [2.05, 4.69) is 6.92 Å². The Morgan fingerprint density at radius 1 is 1.30 bits per heavy atom. The molecule has 0 radical (unpaired) electrons. The Morgan fingerprint density at radius 3 is 2.65 bits per heavy atom. The molecule has 0 aliphatic carbocycles. The first-order valence-electron chi connectivity index (χ1n) is 6.88. The first kappa shape index (κ1) is 16.0. The number of amides is 1. The lowest BCUT2D eigenvalue weighted by molar-refractivity contribution is -0.131. The van der Waals surface area contributed by atoms with Gasteiger partial charge >= 0.3 is 5.97 Å². The number of carbonyl (C=O) groups excluding carboxylic acids is 1. The Bertz CT molecular complexity index is 494. The van der Waals surface area contributed by atoms with Crippen LogP contribution in [0.2, 0.25) is 0 Å². The van der Waals surface area contributed by atoms with E-state index in [9.17, 15) is 9.59 Å². The van der Waals surface area contributed by atoms with Gasteiger partial charge in [0.1, 0.15) is 0 Å². The molecule has 108 valence electrons. The van der Waals surface area contributed by atoms with E-state index in [1.165, 1.54) is 6.08 Å². The van der Waals surface area contributed by atoms with E-state index in [1.54, 1.807) is 24.3 Å². The zero-order valence-electron chi connectivity index (χ0n) is 12.0. The van der Waals surface area contributed by atoms with Crippen molar-refractivity contribution in [3.63, 3.8) is 0 Å². The maximum Gasteiger partial charge on any atom is 0.328 e. The maximum absolute atomic E-state index is 12.4. The molecule has 1 rings (SSSR count). The summed E-state index contributed by atoms with van der Waals surface area (Å²) < 4.78 is 0. The number of benzene rings is 1. The minimum absolute atomic E-state index is 0.00785. The van der Waals surface area contributed by atoms with Gasteiger partial charge in [-0.1, -0.05) is 25.5 Å². The Labute approximate surface area is 119 Å². The van der Waals surface area contributed by atoms with Crippen LogP contribution in [0.1, 0.15) is 42.6 Å². The van der Waals surface area contributed by atoms with Crippen LogP contribution in [0.4, 0.5) is 0 Å². The topological polar surface area (TPSA) is 57.6 Å². The van der Waals surface area contributed by atoms with Gasteiger partial charge in [-0.15, -0.1) is 0 Å². The fourth-order valence-electron chi connectivity index (χ4n) is 1.88. The van der Waals surface area contributed by atoms with Crippen molar-refractivity contribution in [3.05, 3.63) is 41.5 Å². The molecule has 0 spiro atoms. The normalized spacial score (nSPS) is 10.7. The molecule has 4 nitrogen and oxygen atoms in total. The minimum Gasteiger partial charge on any atom is -0.478 e. The highest BCUT2D eigenvalue weighted by Crippen LogP contribution is 2.11. The zero-order valence-corrected chi connectivity index (χ0v) is 12.0. The molecule has 20 heavy (non-hydrogen) atoms. The van der Waals surface area contributed by atoms with E-state index in [0.717, 1.165) is 25.5 Å². The number of unbranched alkanes of at least 4 members (excludes halogenated alkanes) is 1. The van der Waals surface area contributed by atoms with Gasteiger partial charge < -0.3 is 10.0 Å². The second-order valence-corrected chi connectivity index (χ2v) is 4.54. The van der Waals surface area contributed by atoms with Crippen LogP contribution in [0.15, 0.2) is 30.3 Å². The molecule has 0 aliphatic heterocycles. The summed E-state index contributed by atoms with van der Waals surface area (Å²) in [6.45, 7) is 5.48. The van der Waals surface area contributed by atoms with Crippen LogP contribution in [0.5, 0.6) is 0 Å². The van der Waals surface area contributed by atoms with Gasteiger partial charge in [0.2, 0.25) is 0 Å². The van der Waals surface area contributed by atoms with Gasteiger partial charge in [0.05, 0.1) is 0 Å². The van der Waals surface area contributed by atoms with Crippen LogP contribution < -0.4 is 0 Å². The summed E-state index contributed by atoms with van der Waals surface area (Å²) in [7, 11) is 0. The molecule has 0 fully saturated rings. The summed E-state index contributed by atoms with van der Waals surface area (Å²) in [5.41, 5.74) is 1.31. The van der Waals surface area contributed by atoms with Crippen molar-refractivity contribution in [2.75, 3.05) is 13.1 Å². The number of hydrogen-bond donors (Lipinski definition) is 1. The molecule has 1 N–H and O–H groups in total. The fraction of sp³-hybridized carbons (Fsp3) is 0.375. The molecule has 0 saturated carbocycles. The highest BCUT2D eigenvalue weighted by Gasteiger charge is 2.13.